The van der Waals surface area contributed by atoms with Crippen molar-refractivity contribution in [1.29, 1.82) is 0 Å². The van der Waals surface area contributed by atoms with E-state index in [0.717, 1.165) is 18.6 Å². The highest BCUT2D eigenvalue weighted by molar-refractivity contribution is 6.30. The second-order valence-electron chi connectivity index (χ2n) is 1.91. The molecule has 0 unspecified atom stereocenters. The van der Waals surface area contributed by atoms with Crippen molar-refractivity contribution < 1.29 is 0 Å². The summed E-state index contributed by atoms with van der Waals surface area (Å²) in [5.41, 5.74) is 1.14. The predicted octanol–water partition coefficient (Wildman–Crippen LogP) is 3.35. The van der Waals surface area contributed by atoms with Gasteiger partial charge in [-0.2, -0.15) is 0 Å². The van der Waals surface area contributed by atoms with Gasteiger partial charge < -0.3 is 0 Å². The molecule has 1 aliphatic rings. The second kappa shape index (κ2) is 5.48. The van der Waals surface area contributed by atoms with Crippen molar-refractivity contribution in [2.75, 3.05) is 0 Å². The Bertz CT molecular complexity index is 147. The number of halogens is 1. The van der Waals surface area contributed by atoms with Crippen LogP contribution in [0, 0.1) is 0 Å². The second-order valence-corrected chi connectivity index (χ2v) is 2.30. The van der Waals surface area contributed by atoms with Crippen LogP contribution in [0.1, 0.15) is 33.6 Å². The van der Waals surface area contributed by atoms with Crippen LogP contribution in [0.4, 0.5) is 0 Å². The maximum absolute atomic E-state index is 5.59. The zero-order chi connectivity index (χ0) is 7.98. The molecule has 0 aliphatic carbocycles. The van der Waals surface area contributed by atoms with Crippen LogP contribution >= 0.6 is 11.6 Å². The summed E-state index contributed by atoms with van der Waals surface area (Å²) in [6.45, 7) is 6.00. The summed E-state index contributed by atoms with van der Waals surface area (Å²) >= 11 is 5.59. The summed E-state index contributed by atoms with van der Waals surface area (Å²) in [7, 11) is 0. The number of nitrogens with zero attached hydrogens (tertiary/aromatic N) is 1. The largest absolute Gasteiger partial charge is 0.246 e. The third-order valence-electron chi connectivity index (χ3n) is 1.12. The molecule has 1 aliphatic heterocycles. The van der Waals surface area contributed by atoms with E-state index in [1.54, 1.807) is 0 Å². The summed E-state index contributed by atoms with van der Waals surface area (Å²) in [5.74, 6) is 0. The van der Waals surface area contributed by atoms with Crippen molar-refractivity contribution in [3.05, 3.63) is 11.2 Å². The van der Waals surface area contributed by atoms with Gasteiger partial charge in [-0.1, -0.05) is 25.4 Å². The quantitative estimate of drug-likeness (QED) is 0.481. The molecule has 1 nitrogen and oxygen atoms in total. The van der Waals surface area contributed by atoms with E-state index in [1.165, 1.54) is 0 Å². The van der Waals surface area contributed by atoms with Gasteiger partial charge in [-0.15, -0.1) is 0 Å². The monoisotopic (exact) mass is 159 g/mol. The maximum atomic E-state index is 5.59. The Kier molecular flexibility index (Phi) is 5.32. The molecule has 0 aromatic carbocycles. The summed E-state index contributed by atoms with van der Waals surface area (Å²) < 4.78 is 0. The van der Waals surface area contributed by atoms with Gasteiger partial charge in [0.2, 0.25) is 0 Å². The smallest absolute Gasteiger partial charge is 0.124 e. The molecule has 0 radical (unpaired) electrons. The molecule has 0 amide bonds. The van der Waals surface area contributed by atoms with Gasteiger partial charge in [-0.25, -0.2) is 4.99 Å². The molecule has 0 N–H and O–H groups in total. The molecule has 0 saturated carbocycles. The fraction of sp³-hybridized carbons (Fsp3) is 0.625. The van der Waals surface area contributed by atoms with Crippen LogP contribution in [0.25, 0.3) is 0 Å². The minimum Gasteiger partial charge on any atom is -0.246 e. The molecular weight excluding hydrogens is 146 g/mol. The van der Waals surface area contributed by atoms with Crippen LogP contribution in [0.15, 0.2) is 16.2 Å². The number of rotatable bonds is 0. The fourth-order valence-corrected chi connectivity index (χ4v) is 0.937. The standard InChI is InChI=1S/C6H8ClN.C2H6/c1-5-3-2-4-6(7)8-5;1-2/h4H,2-3H2,1H3;1-2H3. The van der Waals surface area contributed by atoms with Gasteiger partial charge >= 0.3 is 0 Å². The predicted molar refractivity (Wildman–Crippen MR) is 47.6 cm³/mol. The highest BCUT2D eigenvalue weighted by Crippen LogP contribution is 2.12. The third kappa shape index (κ3) is 3.67. The maximum Gasteiger partial charge on any atom is 0.124 e. The summed E-state index contributed by atoms with van der Waals surface area (Å²) in [6, 6.07) is 0. The van der Waals surface area contributed by atoms with E-state index in [2.05, 4.69) is 4.99 Å². The Labute approximate surface area is 67.8 Å². The first kappa shape index (κ1) is 9.70. The Morgan fingerprint density at radius 3 is 2.40 bits per heavy atom. The number of hydrogen-bond acceptors (Lipinski definition) is 1. The molecule has 0 saturated heterocycles. The summed E-state index contributed by atoms with van der Waals surface area (Å²) in [5, 5.41) is 0.647. The molecule has 0 atom stereocenters. The minimum atomic E-state index is 0.647. The van der Waals surface area contributed by atoms with E-state index in [4.69, 9.17) is 11.6 Å². The molecule has 0 aromatic heterocycles. The van der Waals surface area contributed by atoms with E-state index < -0.39 is 0 Å². The summed E-state index contributed by atoms with van der Waals surface area (Å²) in [6.07, 6.45) is 4.05. The first-order valence-electron chi connectivity index (χ1n) is 3.69. The van der Waals surface area contributed by atoms with Crippen molar-refractivity contribution in [2.24, 2.45) is 4.99 Å². The van der Waals surface area contributed by atoms with Gasteiger partial charge in [-0.3, -0.25) is 0 Å². The zero-order valence-corrected chi connectivity index (χ0v) is 7.57. The zero-order valence-electron chi connectivity index (χ0n) is 6.82. The Hall–Kier alpha value is -0.300. The van der Waals surface area contributed by atoms with E-state index in [1.807, 2.05) is 26.8 Å². The van der Waals surface area contributed by atoms with Crippen LogP contribution in [-0.4, -0.2) is 5.71 Å². The van der Waals surface area contributed by atoms with Gasteiger partial charge in [0, 0.05) is 5.71 Å². The minimum absolute atomic E-state index is 0.647. The van der Waals surface area contributed by atoms with Crippen LogP contribution in [0.3, 0.4) is 0 Å². The molecule has 1 rings (SSSR count). The Morgan fingerprint density at radius 2 is 2.10 bits per heavy atom. The van der Waals surface area contributed by atoms with Gasteiger partial charge in [0.1, 0.15) is 5.16 Å². The molecular formula is C8H14ClN. The summed E-state index contributed by atoms with van der Waals surface area (Å²) in [4.78, 5) is 4.03. The van der Waals surface area contributed by atoms with Gasteiger partial charge in [0.05, 0.1) is 0 Å². The highest BCUT2D eigenvalue weighted by atomic mass is 35.5. The number of aliphatic imine (C=N–C) groups is 1. The van der Waals surface area contributed by atoms with Crippen molar-refractivity contribution in [3.63, 3.8) is 0 Å². The number of hydrogen-bond donors (Lipinski definition) is 0. The molecule has 58 valence electrons. The first-order chi connectivity index (χ1) is 4.79. The molecule has 10 heavy (non-hydrogen) atoms. The van der Waals surface area contributed by atoms with Gasteiger partial charge in [0.25, 0.3) is 0 Å². The molecule has 1 heterocycles. The molecule has 0 aromatic rings. The van der Waals surface area contributed by atoms with Gasteiger partial charge in [0.15, 0.2) is 0 Å². The van der Waals surface area contributed by atoms with E-state index >= 15 is 0 Å². The van der Waals surface area contributed by atoms with Crippen LogP contribution in [0.2, 0.25) is 0 Å². The first-order valence-corrected chi connectivity index (χ1v) is 4.06. The average molecular weight is 160 g/mol. The molecule has 0 bridgehead atoms. The van der Waals surface area contributed by atoms with Crippen molar-refractivity contribution in [2.45, 2.75) is 33.6 Å². The molecule has 2 heteroatoms. The Balaban J connectivity index is 0.000000371. The van der Waals surface area contributed by atoms with Crippen molar-refractivity contribution in [3.8, 4) is 0 Å². The van der Waals surface area contributed by atoms with Crippen LogP contribution < -0.4 is 0 Å². The number of allylic oxidation sites excluding steroid dienone is 1. The molecule has 0 fully saturated rings. The van der Waals surface area contributed by atoms with Crippen LogP contribution in [-0.2, 0) is 0 Å². The third-order valence-corrected chi connectivity index (χ3v) is 1.36. The van der Waals surface area contributed by atoms with Crippen molar-refractivity contribution in [1.82, 2.24) is 0 Å². The normalized spacial score (nSPS) is 16.4. The van der Waals surface area contributed by atoms with E-state index in [-0.39, 0.29) is 0 Å². The lowest BCUT2D eigenvalue weighted by atomic mass is 10.2. The van der Waals surface area contributed by atoms with E-state index in [9.17, 15) is 0 Å². The van der Waals surface area contributed by atoms with Gasteiger partial charge in [-0.05, 0) is 25.8 Å². The lowest BCUT2D eigenvalue weighted by Crippen LogP contribution is -1.94. The van der Waals surface area contributed by atoms with Crippen molar-refractivity contribution >= 4 is 17.3 Å². The lowest BCUT2D eigenvalue weighted by molar-refractivity contribution is 1.04. The average Bonchev–Trinajstić information content (AvgIpc) is 1.91. The SMILES string of the molecule is CC.CC1=NC(Cl)=CCC1. The lowest BCUT2D eigenvalue weighted by Gasteiger charge is -2.02. The van der Waals surface area contributed by atoms with E-state index in [0.29, 0.717) is 5.16 Å². The van der Waals surface area contributed by atoms with Crippen LogP contribution in [0.5, 0.6) is 0 Å². The topological polar surface area (TPSA) is 12.4 Å². The Morgan fingerprint density at radius 1 is 1.50 bits per heavy atom. The highest BCUT2D eigenvalue weighted by Gasteiger charge is 1.97. The fourth-order valence-electron chi connectivity index (χ4n) is 0.684. The molecule has 0 spiro atoms.